The van der Waals surface area contributed by atoms with Gasteiger partial charge in [-0.25, -0.2) is 4.98 Å². The van der Waals surface area contributed by atoms with Crippen LogP contribution in [0, 0.1) is 6.92 Å². The van der Waals surface area contributed by atoms with Gasteiger partial charge >= 0.3 is 0 Å². The molecule has 0 saturated carbocycles. The standard InChI is InChI=1S/C23H25NO3/c1-3-18-9-12-20(13-10-18)23-24-22(17(2)27-23)16-26-15-21(25)14-11-19-7-5-4-6-8-19/h4-10,12-13H,3,11,14-16H2,1-2H3. The third kappa shape index (κ3) is 5.38. The van der Waals surface area contributed by atoms with Gasteiger partial charge in [0.15, 0.2) is 5.78 Å². The van der Waals surface area contributed by atoms with Gasteiger partial charge in [-0.3, -0.25) is 4.79 Å². The predicted octanol–water partition coefficient (Wildman–Crippen LogP) is 4.93. The number of carbonyl (C=O) groups excluding carboxylic acids is 1. The van der Waals surface area contributed by atoms with Crippen molar-refractivity contribution in [3.8, 4) is 11.5 Å². The minimum atomic E-state index is 0.0929. The molecule has 0 N–H and O–H groups in total. The SMILES string of the molecule is CCc1ccc(-c2nc(COCC(=O)CCc3ccccc3)c(C)o2)cc1. The molecule has 1 heterocycles. The van der Waals surface area contributed by atoms with Crippen LogP contribution in [0.3, 0.4) is 0 Å². The van der Waals surface area contributed by atoms with Gasteiger partial charge in [0, 0.05) is 12.0 Å². The second kappa shape index (κ2) is 9.28. The zero-order chi connectivity index (χ0) is 19.1. The second-order valence-corrected chi connectivity index (χ2v) is 6.59. The van der Waals surface area contributed by atoms with E-state index in [1.807, 2.05) is 49.4 Å². The molecule has 0 radical (unpaired) electrons. The molecule has 0 atom stereocenters. The Morgan fingerprint density at radius 3 is 2.48 bits per heavy atom. The van der Waals surface area contributed by atoms with E-state index in [1.165, 1.54) is 5.56 Å². The van der Waals surface area contributed by atoms with E-state index in [1.54, 1.807) is 0 Å². The largest absolute Gasteiger partial charge is 0.441 e. The summed E-state index contributed by atoms with van der Waals surface area (Å²) in [5, 5.41) is 0. The monoisotopic (exact) mass is 363 g/mol. The third-order valence-electron chi connectivity index (χ3n) is 4.54. The topological polar surface area (TPSA) is 52.3 Å². The molecule has 2 aromatic carbocycles. The fourth-order valence-corrected chi connectivity index (χ4v) is 2.83. The summed E-state index contributed by atoms with van der Waals surface area (Å²) in [6.07, 6.45) is 2.23. The first-order valence-corrected chi connectivity index (χ1v) is 9.34. The van der Waals surface area contributed by atoms with Crippen LogP contribution < -0.4 is 0 Å². The Hall–Kier alpha value is -2.72. The lowest BCUT2D eigenvalue weighted by atomic mass is 10.1. The predicted molar refractivity (Wildman–Crippen MR) is 105 cm³/mol. The summed E-state index contributed by atoms with van der Waals surface area (Å²) in [4.78, 5) is 16.5. The fourth-order valence-electron chi connectivity index (χ4n) is 2.83. The molecule has 0 aliphatic carbocycles. The Bertz CT molecular complexity index is 866. The van der Waals surface area contributed by atoms with Crippen molar-refractivity contribution in [1.29, 1.82) is 0 Å². The second-order valence-electron chi connectivity index (χ2n) is 6.59. The highest BCUT2D eigenvalue weighted by atomic mass is 16.5. The minimum absolute atomic E-state index is 0.0929. The van der Waals surface area contributed by atoms with Gasteiger partial charge in [-0.05, 0) is 43.0 Å². The summed E-state index contributed by atoms with van der Waals surface area (Å²) < 4.78 is 11.3. The number of aryl methyl sites for hydroxylation is 3. The van der Waals surface area contributed by atoms with Crippen molar-refractivity contribution in [2.45, 2.75) is 39.7 Å². The molecule has 1 aromatic heterocycles. The Balaban J connectivity index is 1.49. The van der Waals surface area contributed by atoms with Crippen molar-refractivity contribution in [2.75, 3.05) is 6.61 Å². The molecule has 0 fully saturated rings. The number of ketones is 1. The molecule has 0 aliphatic rings. The first kappa shape index (κ1) is 19.1. The molecule has 4 nitrogen and oxygen atoms in total. The van der Waals surface area contributed by atoms with Crippen molar-refractivity contribution < 1.29 is 13.9 Å². The molecule has 140 valence electrons. The molecular weight excluding hydrogens is 338 g/mol. The van der Waals surface area contributed by atoms with Crippen molar-refractivity contribution in [3.05, 3.63) is 77.2 Å². The highest BCUT2D eigenvalue weighted by molar-refractivity contribution is 5.79. The number of ether oxygens (including phenoxy) is 1. The number of hydrogen-bond donors (Lipinski definition) is 0. The van der Waals surface area contributed by atoms with E-state index < -0.39 is 0 Å². The summed E-state index contributed by atoms with van der Waals surface area (Å²) in [5.41, 5.74) is 4.12. The van der Waals surface area contributed by atoms with Gasteiger partial charge < -0.3 is 9.15 Å². The molecule has 3 rings (SSSR count). The van der Waals surface area contributed by atoms with Crippen molar-refractivity contribution >= 4 is 5.78 Å². The molecule has 27 heavy (non-hydrogen) atoms. The van der Waals surface area contributed by atoms with Gasteiger partial charge in [0.1, 0.15) is 18.1 Å². The van der Waals surface area contributed by atoms with E-state index in [0.29, 0.717) is 12.3 Å². The summed E-state index contributed by atoms with van der Waals surface area (Å²) in [5.74, 6) is 1.40. The number of hydrogen-bond acceptors (Lipinski definition) is 4. The van der Waals surface area contributed by atoms with Crippen LogP contribution in [0.5, 0.6) is 0 Å². The normalized spacial score (nSPS) is 10.9. The highest BCUT2D eigenvalue weighted by Crippen LogP contribution is 2.22. The molecule has 3 aromatic rings. The minimum Gasteiger partial charge on any atom is -0.441 e. The molecule has 0 bridgehead atoms. The van der Waals surface area contributed by atoms with Crippen LogP contribution in [0.1, 0.15) is 35.9 Å². The molecule has 4 heteroatoms. The zero-order valence-electron chi connectivity index (χ0n) is 15.9. The van der Waals surface area contributed by atoms with Crippen LogP contribution in [0.4, 0.5) is 0 Å². The van der Waals surface area contributed by atoms with Gasteiger partial charge in [0.2, 0.25) is 5.89 Å². The number of carbonyl (C=O) groups is 1. The Morgan fingerprint density at radius 2 is 1.78 bits per heavy atom. The van der Waals surface area contributed by atoms with Crippen LogP contribution in [0.15, 0.2) is 59.0 Å². The maximum atomic E-state index is 12.0. The average molecular weight is 363 g/mol. The zero-order valence-corrected chi connectivity index (χ0v) is 15.9. The van der Waals surface area contributed by atoms with Gasteiger partial charge in [0.25, 0.3) is 0 Å². The van der Waals surface area contributed by atoms with Crippen LogP contribution >= 0.6 is 0 Å². The van der Waals surface area contributed by atoms with Crippen LogP contribution in [0.2, 0.25) is 0 Å². The summed E-state index contributed by atoms with van der Waals surface area (Å²) in [7, 11) is 0. The van der Waals surface area contributed by atoms with Gasteiger partial charge in [-0.2, -0.15) is 0 Å². The lowest BCUT2D eigenvalue weighted by molar-refractivity contribution is -0.124. The van der Waals surface area contributed by atoms with Crippen molar-refractivity contribution in [3.63, 3.8) is 0 Å². The smallest absolute Gasteiger partial charge is 0.226 e. The first-order valence-electron chi connectivity index (χ1n) is 9.34. The Morgan fingerprint density at radius 1 is 1.04 bits per heavy atom. The van der Waals surface area contributed by atoms with Crippen molar-refractivity contribution in [1.82, 2.24) is 4.98 Å². The maximum absolute atomic E-state index is 12.0. The number of nitrogens with zero attached hydrogens (tertiary/aromatic N) is 1. The lowest BCUT2D eigenvalue weighted by Crippen LogP contribution is -2.10. The third-order valence-corrected chi connectivity index (χ3v) is 4.54. The highest BCUT2D eigenvalue weighted by Gasteiger charge is 2.12. The maximum Gasteiger partial charge on any atom is 0.226 e. The van der Waals surface area contributed by atoms with E-state index in [2.05, 4.69) is 24.0 Å². The molecule has 0 unspecified atom stereocenters. The molecular formula is C23H25NO3. The van der Waals surface area contributed by atoms with Gasteiger partial charge in [-0.1, -0.05) is 49.4 Å². The number of benzene rings is 2. The Labute approximate surface area is 160 Å². The van der Waals surface area contributed by atoms with E-state index in [-0.39, 0.29) is 19.0 Å². The molecule has 0 spiro atoms. The Kier molecular flexibility index (Phi) is 6.55. The lowest BCUT2D eigenvalue weighted by Gasteiger charge is -2.03. The molecule has 0 aliphatic heterocycles. The number of aromatic nitrogens is 1. The quantitative estimate of drug-likeness (QED) is 0.541. The first-order chi connectivity index (χ1) is 13.2. The van der Waals surface area contributed by atoms with E-state index in [9.17, 15) is 4.79 Å². The summed E-state index contributed by atoms with van der Waals surface area (Å²) >= 11 is 0. The summed E-state index contributed by atoms with van der Waals surface area (Å²) in [6, 6.07) is 18.2. The fraction of sp³-hybridized carbons (Fsp3) is 0.304. The number of Topliss-reactive ketones (excluding diaryl/α,β-unsaturated/α-hetero) is 1. The van der Waals surface area contributed by atoms with Crippen LogP contribution in [0.25, 0.3) is 11.5 Å². The van der Waals surface area contributed by atoms with Gasteiger partial charge in [-0.15, -0.1) is 0 Å². The summed E-state index contributed by atoms with van der Waals surface area (Å²) in [6.45, 7) is 4.37. The van der Waals surface area contributed by atoms with E-state index >= 15 is 0 Å². The van der Waals surface area contributed by atoms with E-state index in [4.69, 9.17) is 9.15 Å². The molecule has 0 amide bonds. The van der Waals surface area contributed by atoms with Crippen molar-refractivity contribution in [2.24, 2.45) is 0 Å². The van der Waals surface area contributed by atoms with Gasteiger partial charge in [0.05, 0.1) is 6.61 Å². The number of oxazole rings is 1. The van der Waals surface area contributed by atoms with Crippen LogP contribution in [-0.2, 0) is 29.0 Å². The number of rotatable bonds is 9. The van der Waals surface area contributed by atoms with Crippen LogP contribution in [-0.4, -0.2) is 17.4 Å². The average Bonchev–Trinajstić information content (AvgIpc) is 3.08. The van der Waals surface area contributed by atoms with E-state index in [0.717, 1.165) is 35.4 Å². The molecule has 0 saturated heterocycles.